The predicted octanol–water partition coefficient (Wildman–Crippen LogP) is 3.90. The molecule has 4 rings (SSSR count). The van der Waals surface area contributed by atoms with Crippen LogP contribution < -0.4 is 10.1 Å². The first-order valence-corrected chi connectivity index (χ1v) is 11.5. The highest BCUT2D eigenvalue weighted by molar-refractivity contribution is 5.95. The molecule has 0 radical (unpaired) electrons. The molecule has 2 fully saturated rings. The van der Waals surface area contributed by atoms with E-state index in [-0.39, 0.29) is 29.9 Å². The van der Waals surface area contributed by atoms with E-state index < -0.39 is 0 Å². The summed E-state index contributed by atoms with van der Waals surface area (Å²) in [6, 6.07) is 15.9. The van der Waals surface area contributed by atoms with E-state index in [1.807, 2.05) is 62.5 Å². The Morgan fingerprint density at radius 2 is 1.72 bits per heavy atom. The van der Waals surface area contributed by atoms with E-state index in [9.17, 15) is 9.59 Å². The molecule has 0 unspecified atom stereocenters. The number of benzene rings is 2. The van der Waals surface area contributed by atoms with Crippen LogP contribution in [-0.4, -0.2) is 55.7 Å². The van der Waals surface area contributed by atoms with Gasteiger partial charge < -0.3 is 19.7 Å². The van der Waals surface area contributed by atoms with Crippen molar-refractivity contribution >= 4 is 11.8 Å². The highest BCUT2D eigenvalue weighted by Crippen LogP contribution is 2.30. The molecule has 1 heterocycles. The number of nitrogens with one attached hydrogen (secondary N) is 1. The molecule has 1 aliphatic heterocycles. The maximum atomic E-state index is 13.0. The lowest BCUT2D eigenvalue weighted by Gasteiger charge is -2.25. The Hall–Kier alpha value is -2.86. The van der Waals surface area contributed by atoms with E-state index in [1.165, 1.54) is 0 Å². The number of carbonyl (C=O) groups is 2. The van der Waals surface area contributed by atoms with Crippen LogP contribution in [-0.2, 0) is 9.53 Å². The van der Waals surface area contributed by atoms with Gasteiger partial charge in [-0.15, -0.1) is 0 Å². The van der Waals surface area contributed by atoms with Crippen molar-refractivity contribution in [3.63, 3.8) is 0 Å². The van der Waals surface area contributed by atoms with Crippen molar-refractivity contribution in [3.05, 3.63) is 54.1 Å². The molecule has 2 aromatic carbocycles. The summed E-state index contributed by atoms with van der Waals surface area (Å²) in [5, 5.41) is 2.90. The molecule has 3 atom stereocenters. The van der Waals surface area contributed by atoms with Crippen LogP contribution in [0.2, 0.25) is 0 Å². The van der Waals surface area contributed by atoms with Crippen LogP contribution in [0.3, 0.4) is 0 Å². The van der Waals surface area contributed by atoms with Gasteiger partial charge >= 0.3 is 0 Å². The maximum absolute atomic E-state index is 13.0. The molecular formula is C26H32N2O4. The smallest absolute Gasteiger partial charge is 0.253 e. The lowest BCUT2D eigenvalue weighted by molar-refractivity contribution is -0.124. The van der Waals surface area contributed by atoms with Crippen molar-refractivity contribution in [2.45, 2.75) is 44.8 Å². The molecule has 170 valence electrons. The monoisotopic (exact) mass is 436 g/mol. The van der Waals surface area contributed by atoms with E-state index in [1.54, 1.807) is 4.90 Å². The topological polar surface area (TPSA) is 67.9 Å². The molecule has 1 N–H and O–H groups in total. The Balaban J connectivity index is 1.35. The first-order chi connectivity index (χ1) is 15.5. The van der Waals surface area contributed by atoms with Crippen molar-refractivity contribution in [3.8, 4) is 16.9 Å². The van der Waals surface area contributed by atoms with Gasteiger partial charge in [-0.1, -0.05) is 24.3 Å². The average Bonchev–Trinajstić information content (AvgIpc) is 3.51. The van der Waals surface area contributed by atoms with Crippen LogP contribution in [0.25, 0.3) is 11.1 Å². The van der Waals surface area contributed by atoms with Crippen LogP contribution in [0, 0.1) is 5.92 Å². The van der Waals surface area contributed by atoms with Crippen molar-refractivity contribution < 1.29 is 19.1 Å². The molecule has 32 heavy (non-hydrogen) atoms. The van der Waals surface area contributed by atoms with Crippen molar-refractivity contribution in [1.29, 1.82) is 0 Å². The van der Waals surface area contributed by atoms with Gasteiger partial charge in [0, 0.05) is 37.5 Å². The summed E-state index contributed by atoms with van der Waals surface area (Å²) < 4.78 is 11.3. The lowest BCUT2D eigenvalue weighted by Crippen LogP contribution is -2.36. The number of carbonyl (C=O) groups excluding carboxylic acids is 2. The zero-order valence-electron chi connectivity index (χ0n) is 18.9. The molecule has 6 heteroatoms. The minimum absolute atomic E-state index is 0.000583. The number of hydrogen-bond acceptors (Lipinski definition) is 4. The fraction of sp³-hybridized carbons (Fsp3) is 0.462. The van der Waals surface area contributed by atoms with Gasteiger partial charge in [-0.3, -0.25) is 9.59 Å². The summed E-state index contributed by atoms with van der Waals surface area (Å²) in [6.45, 7) is 3.99. The van der Waals surface area contributed by atoms with Crippen LogP contribution in [0.4, 0.5) is 0 Å². The first kappa shape index (κ1) is 22.3. The highest BCUT2D eigenvalue weighted by Gasteiger charge is 2.33. The highest BCUT2D eigenvalue weighted by atomic mass is 16.5. The largest absolute Gasteiger partial charge is 0.488 e. The predicted molar refractivity (Wildman–Crippen MR) is 124 cm³/mol. The number of hydrogen-bond donors (Lipinski definition) is 1. The second-order valence-corrected chi connectivity index (χ2v) is 8.68. The molecule has 2 amide bonds. The van der Waals surface area contributed by atoms with Gasteiger partial charge in [-0.05, 0) is 61.6 Å². The van der Waals surface area contributed by atoms with E-state index in [4.69, 9.17) is 9.47 Å². The Morgan fingerprint density at radius 3 is 2.34 bits per heavy atom. The molecule has 2 aromatic rings. The second kappa shape index (κ2) is 10.2. The Labute approximate surface area is 189 Å². The molecule has 1 saturated heterocycles. The summed E-state index contributed by atoms with van der Waals surface area (Å²) in [5.74, 6) is 0.958. The molecular weight excluding hydrogens is 404 g/mol. The Morgan fingerprint density at radius 1 is 1.03 bits per heavy atom. The molecule has 2 aliphatic rings. The van der Waals surface area contributed by atoms with E-state index in [0.29, 0.717) is 18.7 Å². The third kappa shape index (κ3) is 5.13. The first-order valence-electron chi connectivity index (χ1n) is 11.5. The zero-order chi connectivity index (χ0) is 22.5. The normalized spacial score (nSPS) is 22.5. The van der Waals surface area contributed by atoms with Crippen LogP contribution in [0.15, 0.2) is 48.5 Å². The van der Waals surface area contributed by atoms with Crippen molar-refractivity contribution in [1.82, 2.24) is 10.2 Å². The summed E-state index contributed by atoms with van der Waals surface area (Å²) >= 11 is 0. The zero-order valence-corrected chi connectivity index (χ0v) is 18.9. The number of nitrogens with zero attached hydrogens (tertiary/aromatic N) is 1. The van der Waals surface area contributed by atoms with Crippen molar-refractivity contribution in [2.24, 2.45) is 5.92 Å². The van der Waals surface area contributed by atoms with Gasteiger partial charge in [0.05, 0.1) is 13.2 Å². The molecule has 1 saturated carbocycles. The molecule has 1 aliphatic carbocycles. The number of rotatable bonds is 7. The maximum Gasteiger partial charge on any atom is 0.253 e. The average molecular weight is 437 g/mol. The lowest BCUT2D eigenvalue weighted by atomic mass is 10.0. The quantitative estimate of drug-likeness (QED) is 0.715. The van der Waals surface area contributed by atoms with Crippen LogP contribution in [0.1, 0.15) is 43.0 Å². The summed E-state index contributed by atoms with van der Waals surface area (Å²) in [6.07, 6.45) is 3.50. The fourth-order valence-corrected chi connectivity index (χ4v) is 4.57. The molecule has 0 aromatic heterocycles. The van der Waals surface area contributed by atoms with Crippen LogP contribution >= 0.6 is 0 Å². The van der Waals surface area contributed by atoms with E-state index in [0.717, 1.165) is 49.2 Å². The fourth-order valence-electron chi connectivity index (χ4n) is 4.57. The Bertz CT molecular complexity index is 920. The van der Waals surface area contributed by atoms with Gasteiger partial charge in [0.25, 0.3) is 5.91 Å². The van der Waals surface area contributed by atoms with Gasteiger partial charge in [-0.2, -0.15) is 0 Å². The van der Waals surface area contributed by atoms with Gasteiger partial charge in [0.15, 0.2) is 0 Å². The van der Waals surface area contributed by atoms with Crippen molar-refractivity contribution in [2.75, 3.05) is 26.8 Å². The minimum Gasteiger partial charge on any atom is -0.488 e. The number of amides is 2. The van der Waals surface area contributed by atoms with Gasteiger partial charge in [0.1, 0.15) is 11.9 Å². The number of ether oxygens (including phenoxy) is 2. The third-order valence-corrected chi connectivity index (χ3v) is 6.50. The van der Waals surface area contributed by atoms with Crippen LogP contribution in [0.5, 0.6) is 5.75 Å². The van der Waals surface area contributed by atoms with E-state index >= 15 is 0 Å². The SMILES string of the molecule is CCNC(=O)[C@H]1CC[C@@H](N(C)C(=O)c2ccc(-c3ccc(O[C@H]4CCOC4)cc3)cc2)C1. The summed E-state index contributed by atoms with van der Waals surface area (Å²) in [5.41, 5.74) is 2.80. The van der Waals surface area contributed by atoms with Gasteiger partial charge in [0.2, 0.25) is 5.91 Å². The summed E-state index contributed by atoms with van der Waals surface area (Å²) in [7, 11) is 1.84. The molecule has 0 bridgehead atoms. The second-order valence-electron chi connectivity index (χ2n) is 8.68. The minimum atomic E-state index is 0.000583. The standard InChI is InChI=1S/C26H32N2O4/c1-3-27-25(29)21-8-11-22(16-21)28(2)26(30)20-6-4-18(5-7-20)19-9-12-23(13-10-19)32-24-14-15-31-17-24/h4-7,9-10,12-13,21-22,24H,3,8,11,14-17H2,1-2H3,(H,27,29)/t21-,22+,24-/m0/s1. The van der Waals surface area contributed by atoms with E-state index in [2.05, 4.69) is 5.32 Å². The summed E-state index contributed by atoms with van der Waals surface area (Å²) in [4.78, 5) is 26.9. The molecule has 6 nitrogen and oxygen atoms in total. The molecule has 0 spiro atoms. The Kier molecular flexibility index (Phi) is 7.10. The third-order valence-electron chi connectivity index (χ3n) is 6.50. The van der Waals surface area contributed by atoms with Gasteiger partial charge in [-0.25, -0.2) is 0 Å².